The van der Waals surface area contributed by atoms with E-state index in [4.69, 9.17) is 5.11 Å². The molecule has 2 N–H and O–H groups in total. The van der Waals surface area contributed by atoms with Crippen LogP contribution in [-0.2, 0) is 0 Å². The van der Waals surface area contributed by atoms with Gasteiger partial charge in [-0.15, -0.1) is 0 Å². The van der Waals surface area contributed by atoms with Crippen LogP contribution in [-0.4, -0.2) is 15.1 Å². The number of aromatic hydroxyl groups is 1. The number of aromatic nitrogens is 2. The SMILES string of the molecule is O=c1ncc2ccc(O)cc2[nH]1. The van der Waals surface area contributed by atoms with Crippen LogP contribution in [0, 0.1) is 0 Å². The third-order valence-corrected chi connectivity index (χ3v) is 1.60. The van der Waals surface area contributed by atoms with Crippen LogP contribution in [0.1, 0.15) is 0 Å². The second-order valence-corrected chi connectivity index (χ2v) is 2.46. The summed E-state index contributed by atoms with van der Waals surface area (Å²) in [5.74, 6) is 0.129. The van der Waals surface area contributed by atoms with Crippen LogP contribution in [0.15, 0.2) is 29.2 Å². The molecule has 12 heavy (non-hydrogen) atoms. The lowest BCUT2D eigenvalue weighted by Crippen LogP contribution is -2.08. The van der Waals surface area contributed by atoms with Gasteiger partial charge in [-0.2, -0.15) is 0 Å². The summed E-state index contributed by atoms with van der Waals surface area (Å²) in [7, 11) is 0. The normalized spacial score (nSPS) is 10.3. The first-order valence-corrected chi connectivity index (χ1v) is 3.44. The summed E-state index contributed by atoms with van der Waals surface area (Å²) in [6, 6.07) is 4.72. The van der Waals surface area contributed by atoms with Crippen molar-refractivity contribution in [1.29, 1.82) is 0 Å². The number of benzene rings is 1. The molecule has 0 aliphatic rings. The van der Waals surface area contributed by atoms with Crippen molar-refractivity contribution in [1.82, 2.24) is 9.97 Å². The first-order valence-electron chi connectivity index (χ1n) is 3.44. The molecule has 0 amide bonds. The maximum Gasteiger partial charge on any atom is 0.345 e. The molecule has 0 saturated carbocycles. The Labute approximate surface area is 67.5 Å². The zero-order valence-corrected chi connectivity index (χ0v) is 6.11. The second-order valence-electron chi connectivity index (χ2n) is 2.46. The van der Waals surface area contributed by atoms with E-state index in [-0.39, 0.29) is 5.75 Å². The number of rotatable bonds is 0. The van der Waals surface area contributed by atoms with Crippen LogP contribution in [0.2, 0.25) is 0 Å². The van der Waals surface area contributed by atoms with Crippen molar-refractivity contribution in [2.24, 2.45) is 0 Å². The minimum absolute atomic E-state index is 0.129. The fourth-order valence-corrected chi connectivity index (χ4v) is 1.04. The number of nitrogens with one attached hydrogen (secondary N) is 1. The van der Waals surface area contributed by atoms with Crippen molar-refractivity contribution in [3.8, 4) is 5.75 Å². The van der Waals surface area contributed by atoms with Crippen molar-refractivity contribution < 1.29 is 5.11 Å². The molecule has 0 unspecified atom stereocenters. The molecule has 4 nitrogen and oxygen atoms in total. The second kappa shape index (κ2) is 2.34. The number of aromatic amines is 1. The van der Waals surface area contributed by atoms with Crippen molar-refractivity contribution in [3.63, 3.8) is 0 Å². The van der Waals surface area contributed by atoms with Gasteiger partial charge in [0.25, 0.3) is 0 Å². The topological polar surface area (TPSA) is 66.0 Å². The smallest absolute Gasteiger partial charge is 0.345 e. The number of phenolic OH excluding ortho intramolecular Hbond substituents is 1. The molecule has 2 aromatic rings. The van der Waals surface area contributed by atoms with Crippen LogP contribution >= 0.6 is 0 Å². The number of fused-ring (bicyclic) bond motifs is 1. The van der Waals surface area contributed by atoms with Crippen molar-refractivity contribution in [2.75, 3.05) is 0 Å². The summed E-state index contributed by atoms with van der Waals surface area (Å²) < 4.78 is 0. The molecular formula is C8H6N2O2. The third kappa shape index (κ3) is 1.03. The fraction of sp³-hybridized carbons (Fsp3) is 0. The van der Waals surface area contributed by atoms with E-state index in [2.05, 4.69) is 9.97 Å². The molecule has 0 fully saturated rings. The molecule has 60 valence electrons. The molecule has 0 aliphatic heterocycles. The van der Waals surface area contributed by atoms with E-state index in [1.807, 2.05) is 0 Å². The maximum atomic E-state index is 10.7. The maximum absolute atomic E-state index is 10.7. The van der Waals surface area contributed by atoms with E-state index >= 15 is 0 Å². The highest BCUT2D eigenvalue weighted by atomic mass is 16.3. The molecule has 1 aromatic heterocycles. The minimum Gasteiger partial charge on any atom is -0.508 e. The highest BCUT2D eigenvalue weighted by Crippen LogP contribution is 2.14. The highest BCUT2D eigenvalue weighted by Gasteiger charge is 1.95. The Hall–Kier alpha value is -1.84. The Bertz CT molecular complexity index is 476. The monoisotopic (exact) mass is 162 g/mol. The van der Waals surface area contributed by atoms with E-state index in [0.717, 1.165) is 5.39 Å². The number of hydrogen-bond donors (Lipinski definition) is 2. The Morgan fingerprint density at radius 3 is 3.08 bits per heavy atom. The van der Waals surface area contributed by atoms with E-state index in [1.165, 1.54) is 12.3 Å². The van der Waals surface area contributed by atoms with E-state index in [0.29, 0.717) is 5.52 Å². The van der Waals surface area contributed by atoms with Gasteiger partial charge < -0.3 is 10.1 Å². The molecule has 0 bridgehead atoms. The molecular weight excluding hydrogens is 156 g/mol. The lowest BCUT2D eigenvalue weighted by Gasteiger charge is -1.95. The summed E-state index contributed by atoms with van der Waals surface area (Å²) in [4.78, 5) is 16.8. The summed E-state index contributed by atoms with van der Waals surface area (Å²) in [6.07, 6.45) is 1.47. The number of phenols is 1. The Kier molecular flexibility index (Phi) is 1.33. The molecule has 0 saturated heterocycles. The fourth-order valence-electron chi connectivity index (χ4n) is 1.04. The van der Waals surface area contributed by atoms with E-state index in [9.17, 15) is 4.79 Å². The molecule has 4 heteroatoms. The zero-order chi connectivity index (χ0) is 8.55. The van der Waals surface area contributed by atoms with Gasteiger partial charge in [0, 0.05) is 17.6 Å². The predicted octanol–water partition coefficient (Wildman–Crippen LogP) is 0.629. The quantitative estimate of drug-likeness (QED) is 0.597. The van der Waals surface area contributed by atoms with Crippen LogP contribution < -0.4 is 5.69 Å². The molecule has 2 rings (SSSR count). The van der Waals surface area contributed by atoms with Gasteiger partial charge in [0.15, 0.2) is 0 Å². The largest absolute Gasteiger partial charge is 0.508 e. The third-order valence-electron chi connectivity index (χ3n) is 1.60. The van der Waals surface area contributed by atoms with Gasteiger partial charge in [-0.1, -0.05) is 0 Å². The Morgan fingerprint density at radius 2 is 2.25 bits per heavy atom. The summed E-state index contributed by atoms with van der Waals surface area (Å²) >= 11 is 0. The van der Waals surface area contributed by atoms with Crippen LogP contribution in [0.3, 0.4) is 0 Å². The average molecular weight is 162 g/mol. The number of hydrogen-bond acceptors (Lipinski definition) is 3. The van der Waals surface area contributed by atoms with Crippen molar-refractivity contribution in [2.45, 2.75) is 0 Å². The van der Waals surface area contributed by atoms with Gasteiger partial charge in [0.1, 0.15) is 5.75 Å². The molecule has 1 heterocycles. The van der Waals surface area contributed by atoms with Crippen molar-refractivity contribution >= 4 is 10.9 Å². The van der Waals surface area contributed by atoms with Gasteiger partial charge in [0.05, 0.1) is 5.52 Å². The predicted molar refractivity (Wildman–Crippen MR) is 44.0 cm³/mol. The van der Waals surface area contributed by atoms with E-state index < -0.39 is 5.69 Å². The molecule has 0 radical (unpaired) electrons. The molecule has 0 atom stereocenters. The average Bonchev–Trinajstić information content (AvgIpc) is 2.03. The van der Waals surface area contributed by atoms with Crippen molar-refractivity contribution in [3.05, 3.63) is 34.9 Å². The summed E-state index contributed by atoms with van der Waals surface area (Å²) in [5.41, 5.74) is 0.183. The lowest BCUT2D eigenvalue weighted by molar-refractivity contribution is 0.476. The van der Waals surface area contributed by atoms with E-state index in [1.54, 1.807) is 12.1 Å². The first-order chi connectivity index (χ1) is 5.75. The van der Waals surface area contributed by atoms with Gasteiger partial charge >= 0.3 is 5.69 Å². The minimum atomic E-state index is -0.409. The zero-order valence-electron chi connectivity index (χ0n) is 6.11. The van der Waals surface area contributed by atoms with Gasteiger partial charge in [0.2, 0.25) is 0 Å². The Balaban J connectivity index is 2.89. The van der Waals surface area contributed by atoms with Gasteiger partial charge in [-0.05, 0) is 12.1 Å². The molecule has 1 aromatic carbocycles. The molecule has 0 spiro atoms. The van der Waals surface area contributed by atoms with Gasteiger partial charge in [-0.25, -0.2) is 9.78 Å². The summed E-state index contributed by atoms with van der Waals surface area (Å²) in [5, 5.41) is 9.88. The molecule has 0 aliphatic carbocycles. The number of nitrogens with zero attached hydrogens (tertiary/aromatic N) is 1. The van der Waals surface area contributed by atoms with Gasteiger partial charge in [-0.3, -0.25) is 0 Å². The van der Waals surface area contributed by atoms with Crippen LogP contribution in [0.25, 0.3) is 10.9 Å². The standard InChI is InChI=1S/C8H6N2O2/c11-6-2-1-5-4-9-8(12)10-7(5)3-6/h1-4,11H,(H,9,10,12). The Morgan fingerprint density at radius 1 is 1.42 bits per heavy atom. The highest BCUT2D eigenvalue weighted by molar-refractivity contribution is 5.78. The summed E-state index contributed by atoms with van der Waals surface area (Å²) in [6.45, 7) is 0. The van der Waals surface area contributed by atoms with Crippen LogP contribution in [0.4, 0.5) is 0 Å². The lowest BCUT2D eigenvalue weighted by atomic mass is 10.2. The number of H-pyrrole nitrogens is 1. The van der Waals surface area contributed by atoms with Crippen LogP contribution in [0.5, 0.6) is 5.75 Å². The first kappa shape index (κ1) is 6.84.